The molecule has 0 radical (unpaired) electrons. The van der Waals surface area contributed by atoms with Crippen LogP contribution in [0.1, 0.15) is 28.5 Å². The van der Waals surface area contributed by atoms with E-state index in [-0.39, 0.29) is 11.5 Å². The van der Waals surface area contributed by atoms with Gasteiger partial charge in [0, 0.05) is 18.7 Å². The molecule has 1 aliphatic heterocycles. The first kappa shape index (κ1) is 10.2. The number of hydrogen-bond donors (Lipinski definition) is 1. The van der Waals surface area contributed by atoms with Crippen molar-refractivity contribution in [3.05, 3.63) is 29.7 Å². The van der Waals surface area contributed by atoms with Gasteiger partial charge < -0.3 is 9.84 Å². The lowest BCUT2D eigenvalue weighted by Gasteiger charge is -2.05. The number of fused-ring (bicyclic) bond motifs is 1. The predicted molar refractivity (Wildman–Crippen MR) is 58.1 cm³/mol. The molecule has 3 heterocycles. The van der Waals surface area contributed by atoms with E-state index in [1.807, 2.05) is 4.40 Å². The Balaban J connectivity index is 2.07. The van der Waals surface area contributed by atoms with Crippen molar-refractivity contribution in [1.29, 1.82) is 0 Å². The van der Waals surface area contributed by atoms with Crippen molar-refractivity contribution in [3.63, 3.8) is 0 Å². The number of pyridine rings is 1. The number of aromatic nitrogens is 3. The van der Waals surface area contributed by atoms with Crippen molar-refractivity contribution in [2.24, 2.45) is 0 Å². The normalized spacial score (nSPS) is 19.9. The van der Waals surface area contributed by atoms with E-state index in [9.17, 15) is 4.79 Å². The molecule has 0 saturated carbocycles. The quantitative estimate of drug-likeness (QED) is 0.835. The standard InChI is InChI=1S/C11H11N3O3/c15-11(16)7-1-3-14-9(5-7)12-13-10(14)8-2-4-17-6-8/h1,3,5,8H,2,4,6H2,(H,15,16). The summed E-state index contributed by atoms with van der Waals surface area (Å²) >= 11 is 0. The molecule has 0 bridgehead atoms. The van der Waals surface area contributed by atoms with E-state index in [0.717, 1.165) is 18.9 Å². The highest BCUT2D eigenvalue weighted by Gasteiger charge is 2.23. The minimum absolute atomic E-state index is 0.221. The molecule has 88 valence electrons. The zero-order valence-electron chi connectivity index (χ0n) is 9.04. The van der Waals surface area contributed by atoms with Gasteiger partial charge in [0.25, 0.3) is 0 Å². The Kier molecular flexibility index (Phi) is 2.29. The van der Waals surface area contributed by atoms with Gasteiger partial charge in [0.1, 0.15) is 5.82 Å². The van der Waals surface area contributed by atoms with Crippen molar-refractivity contribution in [2.45, 2.75) is 12.3 Å². The fourth-order valence-corrected chi connectivity index (χ4v) is 2.06. The van der Waals surface area contributed by atoms with E-state index in [4.69, 9.17) is 9.84 Å². The molecule has 1 unspecified atom stereocenters. The molecule has 1 aliphatic rings. The van der Waals surface area contributed by atoms with E-state index in [0.29, 0.717) is 12.3 Å². The number of ether oxygens (including phenoxy) is 1. The Labute approximate surface area is 96.8 Å². The second kappa shape index (κ2) is 3.81. The Hall–Kier alpha value is -1.95. The number of carbonyl (C=O) groups is 1. The van der Waals surface area contributed by atoms with Gasteiger partial charge in [-0.3, -0.25) is 4.40 Å². The van der Waals surface area contributed by atoms with Crippen LogP contribution in [0.2, 0.25) is 0 Å². The van der Waals surface area contributed by atoms with E-state index in [1.165, 1.54) is 6.07 Å². The van der Waals surface area contributed by atoms with Crippen LogP contribution in [0, 0.1) is 0 Å². The van der Waals surface area contributed by atoms with Crippen LogP contribution in [-0.4, -0.2) is 38.9 Å². The molecular formula is C11H11N3O3. The zero-order valence-corrected chi connectivity index (χ0v) is 9.04. The van der Waals surface area contributed by atoms with Crippen LogP contribution in [-0.2, 0) is 4.74 Å². The number of nitrogens with zero attached hydrogens (tertiary/aromatic N) is 3. The number of aromatic carboxylic acids is 1. The minimum Gasteiger partial charge on any atom is -0.478 e. The Morgan fingerprint density at radius 2 is 2.41 bits per heavy atom. The summed E-state index contributed by atoms with van der Waals surface area (Å²) in [6.45, 7) is 1.40. The summed E-state index contributed by atoms with van der Waals surface area (Å²) in [7, 11) is 0. The van der Waals surface area contributed by atoms with Gasteiger partial charge in [0.2, 0.25) is 0 Å². The molecule has 6 nitrogen and oxygen atoms in total. The minimum atomic E-state index is -0.957. The van der Waals surface area contributed by atoms with Gasteiger partial charge in [-0.25, -0.2) is 4.79 Å². The van der Waals surface area contributed by atoms with E-state index in [1.54, 1.807) is 12.3 Å². The number of hydrogen-bond acceptors (Lipinski definition) is 4. The third kappa shape index (κ3) is 1.66. The molecule has 2 aromatic rings. The van der Waals surface area contributed by atoms with Gasteiger partial charge in [-0.1, -0.05) is 0 Å². The topological polar surface area (TPSA) is 76.7 Å². The maximum absolute atomic E-state index is 10.8. The lowest BCUT2D eigenvalue weighted by molar-refractivity contribution is 0.0697. The molecule has 0 aromatic carbocycles. The Morgan fingerprint density at radius 1 is 1.53 bits per heavy atom. The maximum atomic E-state index is 10.8. The van der Waals surface area contributed by atoms with Crippen LogP contribution in [0.4, 0.5) is 0 Å². The van der Waals surface area contributed by atoms with Crippen molar-refractivity contribution in [1.82, 2.24) is 14.6 Å². The lowest BCUT2D eigenvalue weighted by Crippen LogP contribution is -2.04. The summed E-state index contributed by atoms with van der Waals surface area (Å²) in [4.78, 5) is 10.8. The first-order valence-corrected chi connectivity index (χ1v) is 5.41. The van der Waals surface area contributed by atoms with Crippen LogP contribution in [0.15, 0.2) is 18.3 Å². The largest absolute Gasteiger partial charge is 0.478 e. The average Bonchev–Trinajstić information content (AvgIpc) is 2.96. The molecule has 1 saturated heterocycles. The van der Waals surface area contributed by atoms with E-state index >= 15 is 0 Å². The summed E-state index contributed by atoms with van der Waals surface area (Å²) in [6.07, 6.45) is 2.63. The second-order valence-corrected chi connectivity index (χ2v) is 4.07. The molecule has 1 atom stereocenters. The Bertz CT molecular complexity index is 572. The first-order valence-electron chi connectivity index (χ1n) is 5.41. The third-order valence-corrected chi connectivity index (χ3v) is 2.98. The van der Waals surface area contributed by atoms with Crippen molar-refractivity contribution in [2.75, 3.05) is 13.2 Å². The smallest absolute Gasteiger partial charge is 0.335 e. The van der Waals surface area contributed by atoms with Crippen molar-refractivity contribution in [3.8, 4) is 0 Å². The van der Waals surface area contributed by atoms with Gasteiger partial charge >= 0.3 is 5.97 Å². The average molecular weight is 233 g/mol. The molecule has 0 amide bonds. The number of carboxylic acids is 1. The summed E-state index contributed by atoms with van der Waals surface area (Å²) < 4.78 is 7.14. The SMILES string of the molecule is O=C(O)c1ccn2c(C3CCOC3)nnc2c1. The second-order valence-electron chi connectivity index (χ2n) is 4.07. The fourth-order valence-electron chi connectivity index (χ4n) is 2.06. The molecular weight excluding hydrogens is 222 g/mol. The molecule has 2 aromatic heterocycles. The molecule has 17 heavy (non-hydrogen) atoms. The molecule has 3 rings (SSSR count). The van der Waals surface area contributed by atoms with Crippen molar-refractivity contribution >= 4 is 11.6 Å². The maximum Gasteiger partial charge on any atom is 0.335 e. The molecule has 0 aliphatic carbocycles. The molecule has 1 fully saturated rings. The van der Waals surface area contributed by atoms with Crippen LogP contribution in [0.25, 0.3) is 5.65 Å². The zero-order chi connectivity index (χ0) is 11.8. The summed E-state index contributed by atoms with van der Waals surface area (Å²) in [6, 6.07) is 3.08. The predicted octanol–water partition coefficient (Wildman–Crippen LogP) is 0.931. The van der Waals surface area contributed by atoms with Gasteiger partial charge in [-0.2, -0.15) is 0 Å². The third-order valence-electron chi connectivity index (χ3n) is 2.98. The van der Waals surface area contributed by atoms with Gasteiger partial charge in [0.15, 0.2) is 5.65 Å². The van der Waals surface area contributed by atoms with Crippen molar-refractivity contribution < 1.29 is 14.6 Å². The van der Waals surface area contributed by atoms with Gasteiger partial charge in [-0.05, 0) is 18.6 Å². The molecule has 1 N–H and O–H groups in total. The molecule has 0 spiro atoms. The number of rotatable bonds is 2. The first-order chi connectivity index (χ1) is 8.25. The highest BCUT2D eigenvalue weighted by atomic mass is 16.5. The summed E-state index contributed by atoms with van der Waals surface area (Å²) in [5.74, 6) is 0.136. The highest BCUT2D eigenvalue weighted by Crippen LogP contribution is 2.24. The fraction of sp³-hybridized carbons (Fsp3) is 0.364. The Morgan fingerprint density at radius 3 is 3.12 bits per heavy atom. The summed E-state index contributed by atoms with van der Waals surface area (Å²) in [5, 5.41) is 17.0. The summed E-state index contributed by atoms with van der Waals surface area (Å²) in [5.41, 5.74) is 0.783. The van der Waals surface area contributed by atoms with Gasteiger partial charge in [0.05, 0.1) is 12.2 Å². The van der Waals surface area contributed by atoms with E-state index < -0.39 is 5.97 Å². The number of carboxylic acid groups (broad SMARTS) is 1. The lowest BCUT2D eigenvalue weighted by atomic mass is 10.1. The van der Waals surface area contributed by atoms with Crippen LogP contribution < -0.4 is 0 Å². The highest BCUT2D eigenvalue weighted by molar-refractivity contribution is 5.88. The van der Waals surface area contributed by atoms with Crippen LogP contribution in [0.3, 0.4) is 0 Å². The van der Waals surface area contributed by atoms with E-state index in [2.05, 4.69) is 10.2 Å². The van der Waals surface area contributed by atoms with Gasteiger partial charge in [-0.15, -0.1) is 10.2 Å². The van der Waals surface area contributed by atoms with Crippen LogP contribution >= 0.6 is 0 Å². The molecule has 6 heteroatoms. The van der Waals surface area contributed by atoms with Crippen LogP contribution in [0.5, 0.6) is 0 Å². The monoisotopic (exact) mass is 233 g/mol.